The zero-order valence-electron chi connectivity index (χ0n) is 36.7. The van der Waals surface area contributed by atoms with Gasteiger partial charge in [-0.3, -0.25) is 0 Å². The molecule has 67 heavy (non-hydrogen) atoms. The van der Waals surface area contributed by atoms with Crippen LogP contribution in [0.3, 0.4) is 0 Å². The molecule has 0 fully saturated rings. The first kappa shape index (κ1) is 39.0. The second-order valence-corrected chi connectivity index (χ2v) is 18.7. The predicted octanol–water partition coefficient (Wildman–Crippen LogP) is 19.2. The molecule has 0 radical (unpaired) electrons. The lowest BCUT2D eigenvalue weighted by Crippen LogP contribution is -1.87. The molecule has 0 atom stereocenters. The lowest BCUT2D eigenvalue weighted by molar-refractivity contribution is 1.56. The molecule has 0 aliphatic rings. The Bertz CT molecular complexity index is 4020. The zero-order chi connectivity index (χ0) is 44.3. The highest BCUT2D eigenvalue weighted by Crippen LogP contribution is 2.42. The summed E-state index contributed by atoms with van der Waals surface area (Å²) in [5.74, 6) is 0. The summed E-state index contributed by atoms with van der Waals surface area (Å²) < 4.78 is 2.66. The van der Waals surface area contributed by atoms with E-state index in [2.05, 4.69) is 255 Å². The van der Waals surface area contributed by atoms with Gasteiger partial charge >= 0.3 is 0 Å². The fourth-order valence-corrected chi connectivity index (χ4v) is 11.5. The van der Waals surface area contributed by atoms with E-state index in [1.165, 1.54) is 130 Å². The Morgan fingerprint density at radius 3 is 0.910 bits per heavy atom. The van der Waals surface area contributed by atoms with Gasteiger partial charge in [0.1, 0.15) is 0 Å². The molecule has 0 amide bonds. The van der Waals surface area contributed by atoms with Crippen LogP contribution < -0.4 is 0 Å². The van der Waals surface area contributed by atoms with Crippen molar-refractivity contribution in [3.8, 4) is 77.9 Å². The molecule has 0 saturated carbocycles. The van der Waals surface area contributed by atoms with Gasteiger partial charge in [0.25, 0.3) is 0 Å². The molecule has 0 saturated heterocycles. The van der Waals surface area contributed by atoms with Crippen LogP contribution in [0.5, 0.6) is 0 Å². The van der Waals surface area contributed by atoms with Gasteiger partial charge in [-0.15, -0.1) is 11.3 Å². The number of hydrogen-bond acceptors (Lipinski definition) is 1. The van der Waals surface area contributed by atoms with Gasteiger partial charge in [-0.25, -0.2) is 0 Å². The van der Waals surface area contributed by atoms with E-state index in [0.717, 1.165) is 0 Å². The minimum absolute atomic E-state index is 1.20. The van der Waals surface area contributed by atoms with Crippen LogP contribution in [0, 0.1) is 0 Å². The molecular formula is C66H42S. The van der Waals surface area contributed by atoms with Crippen LogP contribution in [0.25, 0.3) is 130 Å². The molecule has 13 rings (SSSR count). The normalized spacial score (nSPS) is 11.6. The third-order valence-electron chi connectivity index (χ3n) is 13.6. The van der Waals surface area contributed by atoms with E-state index in [-0.39, 0.29) is 0 Å². The summed E-state index contributed by atoms with van der Waals surface area (Å²) in [4.78, 5) is 0. The maximum atomic E-state index is 2.38. The molecule has 1 heterocycles. The molecule has 0 spiro atoms. The third-order valence-corrected chi connectivity index (χ3v) is 14.8. The summed E-state index contributed by atoms with van der Waals surface area (Å²) in [5.41, 5.74) is 17.0. The lowest BCUT2D eigenvalue weighted by Gasteiger charge is -2.13. The van der Waals surface area contributed by atoms with Crippen molar-refractivity contribution in [2.24, 2.45) is 0 Å². The first-order valence-electron chi connectivity index (χ1n) is 23.1. The van der Waals surface area contributed by atoms with E-state index in [1.54, 1.807) is 0 Å². The Kier molecular flexibility index (Phi) is 9.48. The highest BCUT2D eigenvalue weighted by Gasteiger charge is 2.14. The van der Waals surface area contributed by atoms with E-state index in [9.17, 15) is 0 Å². The average molecular weight is 867 g/mol. The standard InChI is InChI=1S/C66H42S/c1-2-28-59-57(26-1)58-27-3-4-29-60(58)63-42-54(34-35-61(59)63)52-23-11-21-50(40-52)48-19-9-17-46(38-48)44-15-7-14-43(36-44)45-16-8-18-47(37-45)49-20-10-22-51(39-49)53-24-12-25-55(41-53)56-31-13-33-65-66(56)62-30-5-6-32-64(62)67-65/h1-42H. The number of fused-ring (bicyclic) bond motifs is 9. The molecule has 1 aromatic heterocycles. The minimum Gasteiger partial charge on any atom is -0.135 e. The van der Waals surface area contributed by atoms with Gasteiger partial charge in [-0.1, -0.05) is 200 Å². The SMILES string of the molecule is c1cc(-c2cccc(-c3cccc(-c4cccc(-c5cccc6sc7ccccc7c56)c4)c3)c2)cc(-c2cccc(-c3cccc(-c4ccc5c6ccccc6c6ccccc6c5c4)c3)c2)c1. The smallest absolute Gasteiger partial charge is 0.0361 e. The Labute approximate surface area is 394 Å². The molecule has 13 aromatic rings. The average Bonchev–Trinajstić information content (AvgIpc) is 3.80. The van der Waals surface area contributed by atoms with Gasteiger partial charge < -0.3 is 0 Å². The van der Waals surface area contributed by atoms with E-state index in [4.69, 9.17) is 0 Å². The van der Waals surface area contributed by atoms with Gasteiger partial charge in [0.15, 0.2) is 0 Å². The number of rotatable bonds is 7. The fraction of sp³-hybridized carbons (Fsp3) is 0. The minimum atomic E-state index is 1.20. The number of benzene rings is 12. The molecular weight excluding hydrogens is 825 g/mol. The maximum absolute atomic E-state index is 2.38. The highest BCUT2D eigenvalue weighted by molar-refractivity contribution is 7.25. The summed E-state index contributed by atoms with van der Waals surface area (Å²) in [6.45, 7) is 0. The lowest BCUT2D eigenvalue weighted by atomic mass is 9.91. The maximum Gasteiger partial charge on any atom is 0.0361 e. The molecule has 12 aromatic carbocycles. The van der Waals surface area contributed by atoms with Gasteiger partial charge in [-0.05, 0) is 165 Å². The van der Waals surface area contributed by atoms with E-state index in [0.29, 0.717) is 0 Å². The van der Waals surface area contributed by atoms with E-state index < -0.39 is 0 Å². The molecule has 0 aliphatic heterocycles. The fourth-order valence-electron chi connectivity index (χ4n) is 10.4. The van der Waals surface area contributed by atoms with Crippen LogP contribution in [0.1, 0.15) is 0 Å². The van der Waals surface area contributed by atoms with Crippen molar-refractivity contribution in [3.63, 3.8) is 0 Å². The van der Waals surface area contributed by atoms with Crippen LogP contribution in [0.15, 0.2) is 255 Å². The molecule has 0 unspecified atom stereocenters. The van der Waals surface area contributed by atoms with Crippen molar-refractivity contribution >= 4 is 63.8 Å². The largest absolute Gasteiger partial charge is 0.135 e. The molecule has 0 N–H and O–H groups in total. The third kappa shape index (κ3) is 7.00. The second kappa shape index (κ2) is 16.3. The topological polar surface area (TPSA) is 0 Å². The molecule has 0 bridgehead atoms. The van der Waals surface area contributed by atoms with Gasteiger partial charge in [0.2, 0.25) is 0 Å². The predicted molar refractivity (Wildman–Crippen MR) is 290 cm³/mol. The second-order valence-electron chi connectivity index (χ2n) is 17.6. The van der Waals surface area contributed by atoms with Crippen molar-refractivity contribution < 1.29 is 0 Å². The Morgan fingerprint density at radius 1 is 0.179 bits per heavy atom. The van der Waals surface area contributed by atoms with Crippen LogP contribution in [0.4, 0.5) is 0 Å². The van der Waals surface area contributed by atoms with Gasteiger partial charge in [-0.2, -0.15) is 0 Å². The van der Waals surface area contributed by atoms with Gasteiger partial charge in [0.05, 0.1) is 0 Å². The Balaban J connectivity index is 0.791. The monoisotopic (exact) mass is 866 g/mol. The Morgan fingerprint density at radius 2 is 0.478 bits per heavy atom. The zero-order valence-corrected chi connectivity index (χ0v) is 37.5. The molecule has 0 aliphatic carbocycles. The summed E-state index contributed by atoms with van der Waals surface area (Å²) >= 11 is 1.87. The quantitative estimate of drug-likeness (QED) is 0.140. The highest BCUT2D eigenvalue weighted by atomic mass is 32.1. The summed E-state index contributed by atoms with van der Waals surface area (Å²) in [5, 5.41) is 10.4. The molecule has 312 valence electrons. The van der Waals surface area contributed by atoms with Crippen LogP contribution >= 0.6 is 11.3 Å². The van der Waals surface area contributed by atoms with Crippen molar-refractivity contribution in [3.05, 3.63) is 255 Å². The van der Waals surface area contributed by atoms with Crippen molar-refractivity contribution in [1.29, 1.82) is 0 Å². The Hall–Kier alpha value is -8.36. The first-order valence-corrected chi connectivity index (χ1v) is 23.9. The van der Waals surface area contributed by atoms with Crippen LogP contribution in [-0.2, 0) is 0 Å². The summed E-state index contributed by atoms with van der Waals surface area (Å²) in [7, 11) is 0. The number of thiophene rings is 1. The first-order chi connectivity index (χ1) is 33.2. The summed E-state index contributed by atoms with van der Waals surface area (Å²) in [6.07, 6.45) is 0. The summed E-state index contributed by atoms with van der Waals surface area (Å²) in [6, 6.07) is 93.9. The van der Waals surface area contributed by atoms with Crippen LogP contribution in [-0.4, -0.2) is 0 Å². The molecule has 1 heteroatoms. The van der Waals surface area contributed by atoms with E-state index >= 15 is 0 Å². The van der Waals surface area contributed by atoms with Gasteiger partial charge in [0, 0.05) is 20.2 Å². The van der Waals surface area contributed by atoms with E-state index in [1.807, 2.05) is 11.3 Å². The van der Waals surface area contributed by atoms with Crippen molar-refractivity contribution in [2.45, 2.75) is 0 Å². The molecule has 0 nitrogen and oxygen atoms in total. The van der Waals surface area contributed by atoms with Crippen LogP contribution in [0.2, 0.25) is 0 Å². The number of hydrogen-bond donors (Lipinski definition) is 0. The van der Waals surface area contributed by atoms with Crippen molar-refractivity contribution in [2.75, 3.05) is 0 Å². The van der Waals surface area contributed by atoms with Crippen molar-refractivity contribution in [1.82, 2.24) is 0 Å².